The van der Waals surface area contributed by atoms with Crippen LogP contribution < -0.4 is 4.74 Å². The zero-order chi connectivity index (χ0) is 6.97. The van der Waals surface area contributed by atoms with Crippen LogP contribution in [0.3, 0.4) is 0 Å². The number of ether oxygens (including phenoxy) is 1. The Morgan fingerprint density at radius 1 is 1.70 bits per heavy atom. The average molecular weight is 138 g/mol. The topological polar surface area (TPSA) is 27.1 Å². The monoisotopic (exact) mass is 138 g/mol. The van der Waals surface area contributed by atoms with Crippen molar-refractivity contribution >= 4 is 0 Å². The zero-order valence-corrected chi connectivity index (χ0v) is 5.95. The van der Waals surface area contributed by atoms with Gasteiger partial charge in [0.15, 0.2) is 0 Å². The molecule has 0 amide bonds. The van der Waals surface area contributed by atoms with E-state index >= 15 is 0 Å². The molecule has 10 heavy (non-hydrogen) atoms. The van der Waals surface area contributed by atoms with Gasteiger partial charge in [0.2, 0.25) is 5.88 Å². The fourth-order valence-electron chi connectivity index (χ4n) is 0.813. The van der Waals surface area contributed by atoms with E-state index in [4.69, 9.17) is 4.74 Å². The van der Waals surface area contributed by atoms with Gasteiger partial charge in [-0.2, -0.15) is 0 Å². The van der Waals surface area contributed by atoms with Gasteiger partial charge in [0.25, 0.3) is 0 Å². The van der Waals surface area contributed by atoms with Gasteiger partial charge in [-0.15, -0.1) is 5.10 Å². The fraction of sp³-hybridized carbons (Fsp3) is 0.571. The van der Waals surface area contributed by atoms with Crippen LogP contribution >= 0.6 is 0 Å². The summed E-state index contributed by atoms with van der Waals surface area (Å²) in [5, 5.41) is 4.09. The van der Waals surface area contributed by atoms with E-state index in [1.54, 1.807) is 4.68 Å². The summed E-state index contributed by atoms with van der Waals surface area (Å²) in [6, 6.07) is 1.89. The molecule has 1 heterocycles. The third-order valence-electron chi connectivity index (χ3n) is 1.50. The predicted octanol–water partition coefficient (Wildman–Crippen LogP) is 0.961. The lowest BCUT2D eigenvalue weighted by Crippen LogP contribution is -1.97. The van der Waals surface area contributed by atoms with Crippen molar-refractivity contribution in [1.82, 2.24) is 9.78 Å². The van der Waals surface area contributed by atoms with Crippen molar-refractivity contribution in [2.45, 2.75) is 18.9 Å². The molecule has 1 aliphatic carbocycles. The highest BCUT2D eigenvalue weighted by atomic mass is 16.5. The molecule has 0 saturated heterocycles. The van der Waals surface area contributed by atoms with Gasteiger partial charge < -0.3 is 4.74 Å². The maximum absolute atomic E-state index is 5.41. The Balaban J connectivity index is 2.03. The lowest BCUT2D eigenvalue weighted by atomic mass is 10.7. The van der Waals surface area contributed by atoms with Crippen LogP contribution in [0.5, 0.6) is 5.88 Å². The fourth-order valence-corrected chi connectivity index (χ4v) is 0.813. The number of aromatic nitrogens is 2. The van der Waals surface area contributed by atoms with Crippen molar-refractivity contribution in [3.05, 3.63) is 12.3 Å². The number of rotatable bonds is 2. The number of hydrogen-bond acceptors (Lipinski definition) is 2. The Morgan fingerprint density at radius 2 is 2.50 bits per heavy atom. The van der Waals surface area contributed by atoms with Gasteiger partial charge in [-0.1, -0.05) is 0 Å². The first-order chi connectivity index (χ1) is 4.84. The molecule has 0 radical (unpaired) electrons. The molecule has 0 aromatic carbocycles. The van der Waals surface area contributed by atoms with E-state index in [9.17, 15) is 0 Å². The number of nitrogens with zero attached hydrogens (tertiary/aromatic N) is 2. The van der Waals surface area contributed by atoms with E-state index in [0.29, 0.717) is 6.10 Å². The van der Waals surface area contributed by atoms with Gasteiger partial charge in [-0.05, 0) is 12.8 Å². The summed E-state index contributed by atoms with van der Waals surface area (Å²) in [6.45, 7) is 0. The van der Waals surface area contributed by atoms with Crippen molar-refractivity contribution < 1.29 is 4.74 Å². The van der Waals surface area contributed by atoms with Gasteiger partial charge in [-0.3, -0.25) is 4.68 Å². The largest absolute Gasteiger partial charge is 0.473 e. The maximum atomic E-state index is 5.41. The predicted molar refractivity (Wildman–Crippen MR) is 36.9 cm³/mol. The average Bonchev–Trinajstić information content (AvgIpc) is 2.59. The second-order valence-corrected chi connectivity index (χ2v) is 2.64. The third-order valence-corrected chi connectivity index (χ3v) is 1.50. The standard InChI is InChI=1S/C7H10N2O/c1-9-5-4-7(8-9)10-6-2-3-6/h4-6H,2-3H2,1H3. The van der Waals surface area contributed by atoms with Crippen molar-refractivity contribution in [1.29, 1.82) is 0 Å². The molecule has 0 atom stereocenters. The van der Waals surface area contributed by atoms with Gasteiger partial charge >= 0.3 is 0 Å². The molecule has 3 heteroatoms. The molecule has 1 fully saturated rings. The Morgan fingerprint density at radius 3 is 3.00 bits per heavy atom. The molecule has 0 spiro atoms. The molecule has 2 rings (SSSR count). The lowest BCUT2D eigenvalue weighted by Gasteiger charge is -1.96. The van der Waals surface area contributed by atoms with Crippen molar-refractivity contribution in [2.24, 2.45) is 7.05 Å². The molecule has 0 bridgehead atoms. The van der Waals surface area contributed by atoms with E-state index in [2.05, 4.69) is 5.10 Å². The molecule has 0 N–H and O–H groups in total. The van der Waals surface area contributed by atoms with Crippen LogP contribution in [0.25, 0.3) is 0 Å². The Kier molecular flexibility index (Phi) is 1.16. The Hall–Kier alpha value is -0.990. The summed E-state index contributed by atoms with van der Waals surface area (Å²) in [5.74, 6) is 0.755. The zero-order valence-electron chi connectivity index (χ0n) is 5.95. The highest BCUT2D eigenvalue weighted by Crippen LogP contribution is 2.24. The highest BCUT2D eigenvalue weighted by molar-refractivity contribution is 5.07. The van der Waals surface area contributed by atoms with Crippen LogP contribution in [0.1, 0.15) is 12.8 Å². The molecule has 1 aliphatic rings. The minimum atomic E-state index is 0.454. The smallest absolute Gasteiger partial charge is 0.232 e. The maximum Gasteiger partial charge on any atom is 0.232 e. The van der Waals surface area contributed by atoms with Gasteiger partial charge in [0, 0.05) is 19.3 Å². The van der Waals surface area contributed by atoms with Gasteiger partial charge in [0.1, 0.15) is 6.10 Å². The molecule has 54 valence electrons. The first kappa shape index (κ1) is 5.77. The Labute approximate surface area is 59.6 Å². The second-order valence-electron chi connectivity index (χ2n) is 2.64. The van der Waals surface area contributed by atoms with Crippen molar-refractivity contribution in [3.8, 4) is 5.88 Å². The first-order valence-electron chi connectivity index (χ1n) is 3.51. The third kappa shape index (κ3) is 1.12. The lowest BCUT2D eigenvalue weighted by molar-refractivity contribution is 0.288. The molecule has 0 unspecified atom stereocenters. The molecular weight excluding hydrogens is 128 g/mol. The van der Waals surface area contributed by atoms with Crippen molar-refractivity contribution in [2.75, 3.05) is 0 Å². The molecule has 1 aromatic heterocycles. The van der Waals surface area contributed by atoms with E-state index in [0.717, 1.165) is 5.88 Å². The van der Waals surface area contributed by atoms with E-state index in [1.165, 1.54) is 12.8 Å². The van der Waals surface area contributed by atoms with Crippen molar-refractivity contribution in [3.63, 3.8) is 0 Å². The number of hydrogen-bond donors (Lipinski definition) is 0. The van der Waals surface area contributed by atoms with E-state index in [-0.39, 0.29) is 0 Å². The minimum Gasteiger partial charge on any atom is -0.473 e. The molecule has 1 saturated carbocycles. The molecule has 0 aliphatic heterocycles. The summed E-state index contributed by atoms with van der Waals surface area (Å²) in [6.07, 6.45) is 4.72. The summed E-state index contributed by atoms with van der Waals surface area (Å²) >= 11 is 0. The summed E-state index contributed by atoms with van der Waals surface area (Å²) in [4.78, 5) is 0. The molecule has 3 nitrogen and oxygen atoms in total. The normalized spacial score (nSPS) is 17.3. The van der Waals surface area contributed by atoms with Crippen LogP contribution in [-0.2, 0) is 7.05 Å². The second kappa shape index (κ2) is 2.01. The first-order valence-corrected chi connectivity index (χ1v) is 3.51. The van der Waals surface area contributed by atoms with Crippen LogP contribution in [0.2, 0.25) is 0 Å². The SMILES string of the molecule is Cn1ccc(OC2CC2)n1. The quantitative estimate of drug-likeness (QED) is 0.608. The van der Waals surface area contributed by atoms with Gasteiger partial charge in [-0.25, -0.2) is 0 Å². The number of aryl methyl sites for hydroxylation is 1. The van der Waals surface area contributed by atoms with Crippen LogP contribution in [0.15, 0.2) is 12.3 Å². The Bertz CT molecular complexity index is 227. The summed E-state index contributed by atoms with van der Waals surface area (Å²) in [7, 11) is 1.89. The van der Waals surface area contributed by atoms with E-state index < -0.39 is 0 Å². The van der Waals surface area contributed by atoms with Crippen LogP contribution in [-0.4, -0.2) is 15.9 Å². The summed E-state index contributed by atoms with van der Waals surface area (Å²) in [5.41, 5.74) is 0. The van der Waals surface area contributed by atoms with E-state index in [1.807, 2.05) is 19.3 Å². The van der Waals surface area contributed by atoms with Crippen LogP contribution in [0, 0.1) is 0 Å². The molecule has 1 aromatic rings. The minimum absolute atomic E-state index is 0.454. The highest BCUT2D eigenvalue weighted by Gasteiger charge is 2.24. The van der Waals surface area contributed by atoms with Gasteiger partial charge in [0.05, 0.1) is 0 Å². The summed E-state index contributed by atoms with van der Waals surface area (Å²) < 4.78 is 7.16. The van der Waals surface area contributed by atoms with Crippen LogP contribution in [0.4, 0.5) is 0 Å². The molecular formula is C7H10N2O.